The van der Waals surface area contributed by atoms with Crippen molar-refractivity contribution in [3.05, 3.63) is 29.6 Å². The molecule has 1 atom stereocenters. The van der Waals surface area contributed by atoms with Crippen LogP contribution in [0.4, 0.5) is 0 Å². The first-order valence-corrected chi connectivity index (χ1v) is 5.71. The van der Waals surface area contributed by atoms with Gasteiger partial charge in [-0.15, -0.1) is 0 Å². The minimum absolute atomic E-state index is 0.0567. The third-order valence-electron chi connectivity index (χ3n) is 3.06. The number of carbonyl (C=O) groups excluding carboxylic acids is 1. The maximum Gasteiger partial charge on any atom is 0.337 e. The Labute approximate surface area is 104 Å². The quantitative estimate of drug-likeness (QED) is 0.801. The molecule has 1 fully saturated rings. The van der Waals surface area contributed by atoms with Crippen LogP contribution in [0.15, 0.2) is 18.3 Å². The van der Waals surface area contributed by atoms with Gasteiger partial charge in [0.2, 0.25) is 0 Å². The Morgan fingerprint density at radius 2 is 2.22 bits per heavy atom. The molecule has 0 aromatic carbocycles. The average molecular weight is 250 g/mol. The van der Waals surface area contributed by atoms with E-state index in [1.54, 1.807) is 4.90 Å². The van der Waals surface area contributed by atoms with E-state index in [0.29, 0.717) is 13.1 Å². The van der Waals surface area contributed by atoms with Crippen LogP contribution in [0.2, 0.25) is 0 Å². The first-order valence-electron chi connectivity index (χ1n) is 5.71. The van der Waals surface area contributed by atoms with Gasteiger partial charge in [0.05, 0.1) is 5.56 Å². The highest BCUT2D eigenvalue weighted by Gasteiger charge is 2.27. The minimum Gasteiger partial charge on any atom is -0.478 e. The van der Waals surface area contributed by atoms with Gasteiger partial charge >= 0.3 is 5.97 Å². The van der Waals surface area contributed by atoms with Crippen LogP contribution >= 0.6 is 0 Å². The third kappa shape index (κ3) is 2.48. The van der Waals surface area contributed by atoms with E-state index in [-0.39, 0.29) is 29.7 Å². The number of aromatic carboxylic acids is 1. The molecule has 1 unspecified atom stereocenters. The van der Waals surface area contributed by atoms with Crippen LogP contribution < -0.4 is 0 Å². The van der Waals surface area contributed by atoms with Gasteiger partial charge < -0.3 is 15.1 Å². The molecule has 18 heavy (non-hydrogen) atoms. The highest BCUT2D eigenvalue weighted by atomic mass is 16.4. The molecule has 0 saturated carbocycles. The minimum atomic E-state index is -1.07. The fourth-order valence-electron chi connectivity index (χ4n) is 1.98. The maximum absolute atomic E-state index is 12.0. The Kier molecular flexibility index (Phi) is 3.57. The molecule has 1 amide bonds. The zero-order valence-corrected chi connectivity index (χ0v) is 9.74. The van der Waals surface area contributed by atoms with Gasteiger partial charge in [0.15, 0.2) is 0 Å². The molecule has 0 bridgehead atoms. The van der Waals surface area contributed by atoms with Crippen molar-refractivity contribution in [1.82, 2.24) is 9.88 Å². The highest BCUT2D eigenvalue weighted by Crippen LogP contribution is 2.17. The summed E-state index contributed by atoms with van der Waals surface area (Å²) in [4.78, 5) is 28.2. The van der Waals surface area contributed by atoms with Crippen LogP contribution in [0.1, 0.15) is 27.3 Å². The Morgan fingerprint density at radius 3 is 2.72 bits per heavy atom. The molecule has 0 spiro atoms. The molecule has 6 nitrogen and oxygen atoms in total. The summed E-state index contributed by atoms with van der Waals surface area (Å²) in [5, 5.41) is 17.7. The number of nitrogens with zero attached hydrogens (tertiary/aromatic N) is 2. The Bertz CT molecular complexity index is 458. The first-order chi connectivity index (χ1) is 8.61. The lowest BCUT2D eigenvalue weighted by molar-refractivity contribution is 0.0693. The van der Waals surface area contributed by atoms with E-state index >= 15 is 0 Å². The average Bonchev–Trinajstić information content (AvgIpc) is 2.86. The van der Waals surface area contributed by atoms with Crippen LogP contribution in [-0.2, 0) is 0 Å². The number of carboxylic acids is 1. The summed E-state index contributed by atoms with van der Waals surface area (Å²) in [5.41, 5.74) is 0.291. The van der Waals surface area contributed by atoms with Crippen LogP contribution in [0, 0.1) is 5.92 Å². The van der Waals surface area contributed by atoms with E-state index in [0.717, 1.165) is 6.42 Å². The van der Waals surface area contributed by atoms with Crippen LogP contribution in [0.5, 0.6) is 0 Å². The molecule has 2 heterocycles. The van der Waals surface area contributed by atoms with Gasteiger partial charge in [-0.3, -0.25) is 9.78 Å². The van der Waals surface area contributed by atoms with Gasteiger partial charge in [-0.05, 0) is 18.6 Å². The number of amides is 1. The summed E-state index contributed by atoms with van der Waals surface area (Å²) in [6.45, 7) is 1.21. The van der Waals surface area contributed by atoms with E-state index in [1.807, 2.05) is 0 Å². The Balaban J connectivity index is 2.07. The normalized spacial score (nSPS) is 18.9. The lowest BCUT2D eigenvalue weighted by Gasteiger charge is -2.15. The molecule has 0 radical (unpaired) electrons. The molecule has 6 heteroatoms. The second kappa shape index (κ2) is 5.14. The number of carbonyl (C=O) groups is 2. The molecule has 0 aliphatic carbocycles. The summed E-state index contributed by atoms with van der Waals surface area (Å²) in [7, 11) is 0. The van der Waals surface area contributed by atoms with Gasteiger partial charge in [0, 0.05) is 31.8 Å². The Morgan fingerprint density at radius 1 is 1.44 bits per heavy atom. The van der Waals surface area contributed by atoms with Crippen molar-refractivity contribution in [3.8, 4) is 0 Å². The number of aliphatic hydroxyl groups excluding tert-OH is 1. The van der Waals surface area contributed by atoms with Crippen LogP contribution in [0.3, 0.4) is 0 Å². The van der Waals surface area contributed by atoms with Gasteiger partial charge in [-0.25, -0.2) is 4.79 Å². The summed E-state index contributed by atoms with van der Waals surface area (Å²) >= 11 is 0. The van der Waals surface area contributed by atoms with E-state index < -0.39 is 5.97 Å². The summed E-state index contributed by atoms with van der Waals surface area (Å²) in [6.07, 6.45) is 1.96. The number of carboxylic acid groups (broad SMARTS) is 1. The van der Waals surface area contributed by atoms with Crippen molar-refractivity contribution in [2.75, 3.05) is 19.7 Å². The molecule has 1 aromatic rings. The number of pyridine rings is 1. The third-order valence-corrected chi connectivity index (χ3v) is 3.06. The van der Waals surface area contributed by atoms with Crippen molar-refractivity contribution in [1.29, 1.82) is 0 Å². The topological polar surface area (TPSA) is 90.7 Å². The number of aromatic nitrogens is 1. The molecule has 1 aromatic heterocycles. The molecule has 1 aliphatic heterocycles. The van der Waals surface area contributed by atoms with Crippen molar-refractivity contribution in [2.45, 2.75) is 6.42 Å². The summed E-state index contributed by atoms with van der Waals surface area (Å²) in [6, 6.07) is 2.78. The summed E-state index contributed by atoms with van der Waals surface area (Å²) in [5.74, 6) is -1.15. The smallest absolute Gasteiger partial charge is 0.337 e. The molecule has 2 rings (SSSR count). The fourth-order valence-corrected chi connectivity index (χ4v) is 1.98. The number of rotatable bonds is 3. The number of aliphatic hydroxyl groups is 1. The molecule has 2 N–H and O–H groups in total. The van der Waals surface area contributed by atoms with Crippen molar-refractivity contribution in [3.63, 3.8) is 0 Å². The molecular formula is C12H14N2O4. The number of hydrogen-bond donors (Lipinski definition) is 2. The summed E-state index contributed by atoms with van der Waals surface area (Å²) < 4.78 is 0. The lowest BCUT2D eigenvalue weighted by atomic mass is 10.1. The van der Waals surface area contributed by atoms with Crippen molar-refractivity contribution in [2.24, 2.45) is 5.92 Å². The highest BCUT2D eigenvalue weighted by molar-refractivity contribution is 5.93. The molecular weight excluding hydrogens is 236 g/mol. The maximum atomic E-state index is 12.0. The van der Waals surface area contributed by atoms with Gasteiger partial charge in [0.1, 0.15) is 5.69 Å². The number of likely N-dealkylation sites (tertiary alicyclic amines) is 1. The van der Waals surface area contributed by atoms with Gasteiger partial charge in [-0.2, -0.15) is 0 Å². The number of hydrogen-bond acceptors (Lipinski definition) is 4. The van der Waals surface area contributed by atoms with E-state index in [9.17, 15) is 9.59 Å². The lowest BCUT2D eigenvalue weighted by Crippen LogP contribution is -2.29. The molecule has 1 aliphatic rings. The SMILES string of the molecule is O=C(O)c1ccc(C(=O)N2CCC(CO)C2)nc1. The standard InChI is InChI=1S/C12H14N2O4/c15-7-8-3-4-14(6-8)11(16)10-2-1-9(5-13-10)12(17)18/h1-2,5,8,15H,3-4,6-7H2,(H,17,18). The van der Waals surface area contributed by atoms with Crippen LogP contribution in [0.25, 0.3) is 0 Å². The van der Waals surface area contributed by atoms with Gasteiger partial charge in [-0.1, -0.05) is 0 Å². The zero-order valence-electron chi connectivity index (χ0n) is 9.74. The Hall–Kier alpha value is -1.95. The monoisotopic (exact) mass is 250 g/mol. The van der Waals surface area contributed by atoms with E-state index in [1.165, 1.54) is 18.3 Å². The van der Waals surface area contributed by atoms with E-state index in [2.05, 4.69) is 4.98 Å². The molecule has 1 saturated heterocycles. The van der Waals surface area contributed by atoms with Crippen molar-refractivity contribution < 1.29 is 19.8 Å². The predicted octanol–water partition coefficient (Wildman–Crippen LogP) is 0.234. The molecule has 96 valence electrons. The van der Waals surface area contributed by atoms with Crippen molar-refractivity contribution >= 4 is 11.9 Å². The van der Waals surface area contributed by atoms with Gasteiger partial charge in [0.25, 0.3) is 5.91 Å². The first kappa shape index (κ1) is 12.5. The van der Waals surface area contributed by atoms with Crippen LogP contribution in [-0.4, -0.2) is 51.7 Å². The largest absolute Gasteiger partial charge is 0.478 e. The fraction of sp³-hybridized carbons (Fsp3) is 0.417. The zero-order chi connectivity index (χ0) is 13.1. The predicted molar refractivity (Wildman–Crippen MR) is 62.3 cm³/mol. The second-order valence-corrected chi connectivity index (χ2v) is 4.33. The second-order valence-electron chi connectivity index (χ2n) is 4.33. The van der Waals surface area contributed by atoms with E-state index in [4.69, 9.17) is 10.2 Å².